The number of hydrogen-bond acceptors (Lipinski definition) is 1. The van der Waals surface area contributed by atoms with Crippen LogP contribution in [0.1, 0.15) is 15.9 Å². The fraction of sp³-hybridized carbons (Fsp3) is 0.0714. The molecule has 0 bridgehead atoms. The maximum absolute atomic E-state index is 12.1. The lowest BCUT2D eigenvalue weighted by Crippen LogP contribution is -2.12. The molecule has 5 heteroatoms. The quantitative estimate of drug-likeness (QED) is 0.697. The van der Waals surface area contributed by atoms with Crippen LogP contribution in [0.4, 0.5) is 5.69 Å². The minimum absolute atomic E-state index is 0.180. The van der Waals surface area contributed by atoms with Crippen molar-refractivity contribution in [3.05, 3.63) is 63.1 Å². The summed E-state index contributed by atoms with van der Waals surface area (Å²) in [6.45, 7) is 0. The molecule has 0 unspecified atom stereocenters. The number of nitrogens with one attached hydrogen (secondary N) is 1. The van der Waals surface area contributed by atoms with Crippen LogP contribution in [0.15, 0.2) is 46.9 Å². The van der Waals surface area contributed by atoms with Gasteiger partial charge in [-0.3, -0.25) is 4.79 Å². The van der Waals surface area contributed by atoms with Gasteiger partial charge in [0, 0.05) is 15.4 Å². The SMILES string of the molecule is O=C(Nc1cc(Br)ccc1Cl)c1ccc(CBr)cc1. The third-order valence-electron chi connectivity index (χ3n) is 2.55. The minimum atomic E-state index is -0.180. The number of carbonyl (C=O) groups excluding carboxylic acids is 1. The Labute approximate surface area is 133 Å². The molecule has 0 aliphatic carbocycles. The fourth-order valence-corrected chi connectivity index (χ4v) is 2.43. The van der Waals surface area contributed by atoms with Crippen LogP contribution in [0.3, 0.4) is 0 Å². The van der Waals surface area contributed by atoms with E-state index in [9.17, 15) is 4.79 Å². The lowest BCUT2D eigenvalue weighted by atomic mass is 10.1. The zero-order valence-electron chi connectivity index (χ0n) is 9.79. The summed E-state index contributed by atoms with van der Waals surface area (Å²) in [5, 5.41) is 4.07. The summed E-state index contributed by atoms with van der Waals surface area (Å²) in [4.78, 5) is 12.1. The zero-order valence-corrected chi connectivity index (χ0v) is 13.7. The Morgan fingerprint density at radius 3 is 2.47 bits per heavy atom. The summed E-state index contributed by atoms with van der Waals surface area (Å²) >= 11 is 12.7. The van der Waals surface area contributed by atoms with Crippen molar-refractivity contribution in [1.29, 1.82) is 0 Å². The number of anilines is 1. The average Bonchev–Trinajstić information content (AvgIpc) is 2.43. The van der Waals surface area contributed by atoms with Gasteiger partial charge in [-0.2, -0.15) is 0 Å². The molecule has 0 atom stereocenters. The molecular weight excluding hydrogens is 393 g/mol. The maximum Gasteiger partial charge on any atom is 0.255 e. The first-order valence-corrected chi connectivity index (χ1v) is 7.80. The molecule has 2 rings (SSSR count). The first kappa shape index (κ1) is 14.6. The topological polar surface area (TPSA) is 29.1 Å². The first-order valence-electron chi connectivity index (χ1n) is 5.51. The van der Waals surface area contributed by atoms with E-state index < -0.39 is 0 Å². The van der Waals surface area contributed by atoms with Gasteiger partial charge >= 0.3 is 0 Å². The lowest BCUT2D eigenvalue weighted by molar-refractivity contribution is 0.102. The minimum Gasteiger partial charge on any atom is -0.321 e. The van der Waals surface area contributed by atoms with Gasteiger partial charge in [0.15, 0.2) is 0 Å². The van der Waals surface area contributed by atoms with E-state index in [1.54, 1.807) is 24.3 Å². The van der Waals surface area contributed by atoms with Gasteiger partial charge in [0.1, 0.15) is 0 Å². The maximum atomic E-state index is 12.1. The molecule has 2 nitrogen and oxygen atoms in total. The Kier molecular flexibility index (Phi) is 5.02. The van der Waals surface area contributed by atoms with Crippen LogP contribution in [0.25, 0.3) is 0 Å². The second-order valence-corrected chi connectivity index (χ2v) is 5.79. The predicted octanol–water partition coefficient (Wildman–Crippen LogP) is 5.25. The zero-order chi connectivity index (χ0) is 13.8. The van der Waals surface area contributed by atoms with Crippen molar-refractivity contribution in [2.24, 2.45) is 0 Å². The highest BCUT2D eigenvalue weighted by atomic mass is 79.9. The summed E-state index contributed by atoms with van der Waals surface area (Å²) in [5.74, 6) is -0.180. The van der Waals surface area contributed by atoms with Crippen LogP contribution in [-0.4, -0.2) is 5.91 Å². The van der Waals surface area contributed by atoms with E-state index in [4.69, 9.17) is 11.6 Å². The third-order valence-corrected chi connectivity index (χ3v) is 4.02. The Morgan fingerprint density at radius 1 is 1.16 bits per heavy atom. The third kappa shape index (κ3) is 3.81. The molecule has 0 radical (unpaired) electrons. The molecule has 0 aromatic heterocycles. The molecule has 0 fully saturated rings. The molecule has 0 heterocycles. The van der Waals surface area contributed by atoms with Crippen LogP contribution in [-0.2, 0) is 5.33 Å². The molecular formula is C14H10Br2ClNO. The van der Waals surface area contributed by atoms with Crippen LogP contribution in [0, 0.1) is 0 Å². The molecule has 98 valence electrons. The van der Waals surface area contributed by atoms with Crippen LogP contribution in [0.2, 0.25) is 5.02 Å². The molecule has 0 saturated heterocycles. The van der Waals surface area contributed by atoms with E-state index in [0.29, 0.717) is 16.3 Å². The summed E-state index contributed by atoms with van der Waals surface area (Å²) in [5.41, 5.74) is 2.31. The predicted molar refractivity (Wildman–Crippen MR) is 86.2 cm³/mol. The largest absolute Gasteiger partial charge is 0.321 e. The molecule has 0 aliphatic heterocycles. The van der Waals surface area contributed by atoms with Crippen molar-refractivity contribution in [2.75, 3.05) is 5.32 Å². The van der Waals surface area contributed by atoms with Gasteiger partial charge in [0.2, 0.25) is 0 Å². The monoisotopic (exact) mass is 401 g/mol. The highest BCUT2D eigenvalue weighted by molar-refractivity contribution is 9.10. The number of benzene rings is 2. The molecule has 19 heavy (non-hydrogen) atoms. The van der Waals surface area contributed by atoms with Gasteiger partial charge in [-0.1, -0.05) is 55.6 Å². The first-order chi connectivity index (χ1) is 9.10. The van der Waals surface area contributed by atoms with Gasteiger partial charge in [-0.25, -0.2) is 0 Å². The Hall–Kier alpha value is -0.840. The van der Waals surface area contributed by atoms with Crippen molar-refractivity contribution in [3.8, 4) is 0 Å². The Balaban J connectivity index is 2.18. The van der Waals surface area contributed by atoms with Crippen molar-refractivity contribution >= 4 is 55.1 Å². The highest BCUT2D eigenvalue weighted by Crippen LogP contribution is 2.26. The van der Waals surface area contributed by atoms with E-state index in [1.807, 2.05) is 18.2 Å². The average molecular weight is 404 g/mol. The molecule has 0 aliphatic rings. The van der Waals surface area contributed by atoms with Gasteiger partial charge in [0.05, 0.1) is 10.7 Å². The van der Waals surface area contributed by atoms with E-state index >= 15 is 0 Å². The molecule has 2 aromatic rings. The smallest absolute Gasteiger partial charge is 0.255 e. The van der Waals surface area contributed by atoms with Gasteiger partial charge in [0.25, 0.3) is 5.91 Å². The van der Waals surface area contributed by atoms with Crippen LogP contribution >= 0.6 is 43.5 Å². The summed E-state index contributed by atoms with van der Waals surface area (Å²) in [6.07, 6.45) is 0. The Morgan fingerprint density at radius 2 is 1.84 bits per heavy atom. The highest BCUT2D eigenvalue weighted by Gasteiger charge is 2.08. The molecule has 2 aromatic carbocycles. The number of rotatable bonds is 3. The number of alkyl halides is 1. The van der Waals surface area contributed by atoms with E-state index in [0.717, 1.165) is 15.4 Å². The van der Waals surface area contributed by atoms with Crippen molar-refractivity contribution in [2.45, 2.75) is 5.33 Å². The number of hydrogen-bond donors (Lipinski definition) is 1. The molecule has 0 saturated carbocycles. The number of halogens is 3. The summed E-state index contributed by atoms with van der Waals surface area (Å²) in [6, 6.07) is 12.7. The van der Waals surface area contributed by atoms with Gasteiger partial charge in [-0.15, -0.1) is 0 Å². The summed E-state index contributed by atoms with van der Waals surface area (Å²) in [7, 11) is 0. The van der Waals surface area contributed by atoms with Gasteiger partial charge < -0.3 is 5.32 Å². The summed E-state index contributed by atoms with van der Waals surface area (Å²) < 4.78 is 0.863. The second-order valence-electron chi connectivity index (χ2n) is 3.91. The lowest BCUT2D eigenvalue weighted by Gasteiger charge is -2.08. The van der Waals surface area contributed by atoms with Crippen LogP contribution in [0.5, 0.6) is 0 Å². The number of carbonyl (C=O) groups is 1. The van der Waals surface area contributed by atoms with Gasteiger partial charge in [-0.05, 0) is 35.9 Å². The van der Waals surface area contributed by atoms with Crippen LogP contribution < -0.4 is 5.32 Å². The van der Waals surface area contributed by atoms with Crippen molar-refractivity contribution < 1.29 is 4.79 Å². The molecule has 0 spiro atoms. The molecule has 1 amide bonds. The standard InChI is InChI=1S/C14H10Br2ClNO/c15-8-9-1-3-10(4-2-9)14(19)18-13-7-11(16)5-6-12(13)17/h1-7H,8H2,(H,18,19). The molecule has 1 N–H and O–H groups in total. The Bertz CT molecular complexity index is 599. The van der Waals surface area contributed by atoms with E-state index in [1.165, 1.54) is 0 Å². The fourth-order valence-electron chi connectivity index (χ4n) is 1.53. The van der Waals surface area contributed by atoms with E-state index in [-0.39, 0.29) is 5.91 Å². The normalized spacial score (nSPS) is 10.3. The number of amides is 1. The second kappa shape index (κ2) is 6.55. The van der Waals surface area contributed by atoms with E-state index in [2.05, 4.69) is 37.2 Å². The van der Waals surface area contributed by atoms with Crippen molar-refractivity contribution in [3.63, 3.8) is 0 Å². The van der Waals surface area contributed by atoms with Crippen molar-refractivity contribution in [1.82, 2.24) is 0 Å².